The second kappa shape index (κ2) is 8.44. The number of nitrogens with one attached hydrogen (secondary N) is 2. The lowest BCUT2D eigenvalue weighted by Gasteiger charge is -2.17. The molecule has 152 valence electrons. The third-order valence-electron chi connectivity index (χ3n) is 4.25. The van der Waals surface area contributed by atoms with Gasteiger partial charge in [-0.05, 0) is 43.7 Å². The van der Waals surface area contributed by atoms with Crippen molar-refractivity contribution in [2.24, 2.45) is 0 Å². The molecule has 3 N–H and O–H groups in total. The molecule has 0 amide bonds. The average molecular weight is 403 g/mol. The molecule has 0 saturated carbocycles. The minimum atomic E-state index is -4.45. The molecule has 3 aromatic rings. The Kier molecular flexibility index (Phi) is 5.97. The van der Waals surface area contributed by atoms with Crippen LogP contribution >= 0.6 is 0 Å². The van der Waals surface area contributed by atoms with Crippen LogP contribution in [-0.2, 0) is 6.18 Å². The molecule has 6 nitrogen and oxygen atoms in total. The van der Waals surface area contributed by atoms with E-state index in [1.165, 1.54) is 13.0 Å². The summed E-state index contributed by atoms with van der Waals surface area (Å²) in [6.07, 6.45) is -1.21. The van der Waals surface area contributed by atoms with Crippen LogP contribution in [0.5, 0.6) is 0 Å². The Hall–Kier alpha value is -3.20. The van der Waals surface area contributed by atoms with Crippen LogP contribution in [0.4, 0.5) is 30.6 Å². The summed E-state index contributed by atoms with van der Waals surface area (Å²) in [4.78, 5) is 12.7. The molecular formula is C20H20F3N5O. The first-order valence-corrected chi connectivity index (χ1v) is 8.88. The second-order valence-electron chi connectivity index (χ2n) is 6.53. The summed E-state index contributed by atoms with van der Waals surface area (Å²) in [5.74, 6) is 0.565. The van der Waals surface area contributed by atoms with Gasteiger partial charge in [-0.2, -0.15) is 18.2 Å². The molecule has 0 unspecified atom stereocenters. The lowest BCUT2D eigenvalue weighted by molar-refractivity contribution is -0.138. The Morgan fingerprint density at radius 1 is 1.10 bits per heavy atom. The number of hydrogen-bond acceptors (Lipinski definition) is 6. The van der Waals surface area contributed by atoms with Crippen molar-refractivity contribution in [3.63, 3.8) is 0 Å². The molecule has 0 aliphatic rings. The lowest BCUT2D eigenvalue weighted by atomic mass is 10.1. The summed E-state index contributed by atoms with van der Waals surface area (Å²) in [5, 5.41) is 15.2. The van der Waals surface area contributed by atoms with Crippen LogP contribution in [0.1, 0.15) is 18.1 Å². The summed E-state index contributed by atoms with van der Waals surface area (Å²) in [6, 6.07) is 8.81. The highest BCUT2D eigenvalue weighted by atomic mass is 19.4. The number of alkyl halides is 3. The van der Waals surface area contributed by atoms with Gasteiger partial charge in [-0.3, -0.25) is 4.98 Å². The Balaban J connectivity index is 2.02. The summed E-state index contributed by atoms with van der Waals surface area (Å²) in [7, 11) is 0. The highest BCUT2D eigenvalue weighted by Gasteiger charge is 2.32. The first kappa shape index (κ1) is 20.5. The zero-order valence-electron chi connectivity index (χ0n) is 15.8. The number of pyridine rings is 1. The molecule has 0 bridgehead atoms. The number of aromatic nitrogens is 3. The zero-order valence-corrected chi connectivity index (χ0v) is 15.8. The van der Waals surface area contributed by atoms with Crippen molar-refractivity contribution >= 4 is 17.5 Å². The van der Waals surface area contributed by atoms with E-state index < -0.39 is 11.7 Å². The molecule has 2 aromatic heterocycles. The molecule has 3 rings (SSSR count). The topological polar surface area (TPSA) is 83.0 Å². The minimum Gasteiger partial charge on any atom is -0.394 e. The number of nitrogens with zero attached hydrogens (tertiary/aromatic N) is 3. The first-order chi connectivity index (χ1) is 13.8. The summed E-state index contributed by atoms with van der Waals surface area (Å²) in [5.41, 5.74) is 0.980. The van der Waals surface area contributed by atoms with Crippen molar-refractivity contribution in [1.82, 2.24) is 15.0 Å². The third-order valence-corrected chi connectivity index (χ3v) is 4.25. The van der Waals surface area contributed by atoms with Gasteiger partial charge in [0.2, 0.25) is 5.95 Å². The fourth-order valence-corrected chi connectivity index (χ4v) is 2.73. The zero-order chi connectivity index (χ0) is 21.0. The van der Waals surface area contributed by atoms with E-state index in [9.17, 15) is 18.3 Å². The normalized spacial score (nSPS) is 12.5. The first-order valence-electron chi connectivity index (χ1n) is 8.88. The summed E-state index contributed by atoms with van der Waals surface area (Å²) < 4.78 is 39.6. The van der Waals surface area contributed by atoms with Crippen LogP contribution in [0.2, 0.25) is 0 Å². The van der Waals surface area contributed by atoms with Crippen molar-refractivity contribution in [2.75, 3.05) is 17.2 Å². The number of rotatable bonds is 6. The molecule has 0 aliphatic heterocycles. The van der Waals surface area contributed by atoms with E-state index in [1.54, 1.807) is 43.6 Å². The Bertz CT molecular complexity index is 980. The van der Waals surface area contributed by atoms with Crippen LogP contribution in [0.3, 0.4) is 0 Å². The van der Waals surface area contributed by atoms with Gasteiger partial charge in [0.1, 0.15) is 5.82 Å². The van der Waals surface area contributed by atoms with E-state index in [-0.39, 0.29) is 24.2 Å². The summed E-state index contributed by atoms with van der Waals surface area (Å²) in [6.45, 7) is 3.04. The van der Waals surface area contributed by atoms with Crippen LogP contribution in [0, 0.1) is 6.92 Å². The van der Waals surface area contributed by atoms with Gasteiger partial charge in [0.25, 0.3) is 0 Å². The van der Waals surface area contributed by atoms with Gasteiger partial charge in [0, 0.05) is 35.8 Å². The van der Waals surface area contributed by atoms with Crippen LogP contribution in [-0.4, -0.2) is 32.7 Å². The van der Waals surface area contributed by atoms with Gasteiger partial charge >= 0.3 is 6.18 Å². The Morgan fingerprint density at radius 3 is 2.48 bits per heavy atom. The molecule has 1 aromatic carbocycles. The fourth-order valence-electron chi connectivity index (χ4n) is 2.73. The van der Waals surface area contributed by atoms with Gasteiger partial charge < -0.3 is 15.7 Å². The van der Waals surface area contributed by atoms with Gasteiger partial charge in [-0.25, -0.2) is 4.98 Å². The van der Waals surface area contributed by atoms with Crippen molar-refractivity contribution in [2.45, 2.75) is 26.1 Å². The quantitative estimate of drug-likeness (QED) is 0.566. The maximum atomic E-state index is 13.2. The van der Waals surface area contributed by atoms with E-state index in [0.717, 1.165) is 11.6 Å². The van der Waals surface area contributed by atoms with Gasteiger partial charge in [-0.15, -0.1) is 0 Å². The number of benzene rings is 1. The number of aliphatic hydroxyl groups excluding tert-OH is 1. The largest absolute Gasteiger partial charge is 0.416 e. The van der Waals surface area contributed by atoms with Crippen molar-refractivity contribution in [1.29, 1.82) is 0 Å². The standard InChI is InChI=1S/C20H20F3N5O/c1-12(11-29)25-19-27-17(14-6-8-24-9-7-14)10-18(28-19)26-16-5-3-4-15(13(16)2)20(21,22)23/h3-10,12,29H,11H2,1-2H3,(H2,25,26,27,28)/t12-/m0/s1. The Labute approximate surface area is 165 Å². The molecule has 0 saturated heterocycles. The van der Waals surface area contributed by atoms with Crippen LogP contribution in [0.15, 0.2) is 48.8 Å². The van der Waals surface area contributed by atoms with Crippen LogP contribution in [0.25, 0.3) is 11.3 Å². The molecule has 0 aliphatic carbocycles. The predicted octanol–water partition coefficient (Wildman–Crippen LogP) is 4.40. The lowest BCUT2D eigenvalue weighted by Crippen LogP contribution is -2.21. The highest BCUT2D eigenvalue weighted by molar-refractivity contribution is 5.69. The molecule has 0 radical (unpaired) electrons. The van der Waals surface area contributed by atoms with Gasteiger partial charge in [-0.1, -0.05) is 6.07 Å². The average Bonchev–Trinajstić information content (AvgIpc) is 2.69. The molecular weight excluding hydrogens is 383 g/mol. The van der Waals surface area contributed by atoms with E-state index in [1.807, 2.05) is 0 Å². The Morgan fingerprint density at radius 2 is 1.83 bits per heavy atom. The second-order valence-corrected chi connectivity index (χ2v) is 6.53. The van der Waals surface area contributed by atoms with Gasteiger partial charge in [0.05, 0.1) is 17.9 Å². The fraction of sp³-hybridized carbons (Fsp3) is 0.250. The SMILES string of the molecule is Cc1c(Nc2cc(-c3ccncc3)nc(N[C@@H](C)CO)n2)cccc1C(F)(F)F. The molecule has 1 atom stereocenters. The maximum Gasteiger partial charge on any atom is 0.416 e. The van der Waals surface area contributed by atoms with Crippen LogP contribution < -0.4 is 10.6 Å². The molecule has 0 fully saturated rings. The van der Waals surface area contributed by atoms with E-state index in [0.29, 0.717) is 17.2 Å². The highest BCUT2D eigenvalue weighted by Crippen LogP contribution is 2.35. The van der Waals surface area contributed by atoms with Crippen molar-refractivity contribution in [3.05, 3.63) is 59.9 Å². The number of anilines is 3. The minimum absolute atomic E-state index is 0.0716. The van der Waals surface area contributed by atoms with Crippen molar-refractivity contribution < 1.29 is 18.3 Å². The molecule has 0 spiro atoms. The third kappa shape index (κ3) is 5.00. The predicted molar refractivity (Wildman–Crippen MR) is 105 cm³/mol. The smallest absolute Gasteiger partial charge is 0.394 e. The summed E-state index contributed by atoms with van der Waals surface area (Å²) >= 11 is 0. The van der Waals surface area contributed by atoms with E-state index >= 15 is 0 Å². The van der Waals surface area contributed by atoms with E-state index in [2.05, 4.69) is 25.6 Å². The van der Waals surface area contributed by atoms with E-state index in [4.69, 9.17) is 0 Å². The molecule has 9 heteroatoms. The molecule has 29 heavy (non-hydrogen) atoms. The monoisotopic (exact) mass is 403 g/mol. The number of halogens is 3. The van der Waals surface area contributed by atoms with Gasteiger partial charge in [0.15, 0.2) is 0 Å². The number of hydrogen-bond donors (Lipinski definition) is 3. The maximum absolute atomic E-state index is 13.2. The number of aliphatic hydroxyl groups is 1. The molecule has 2 heterocycles. The van der Waals surface area contributed by atoms with Crippen molar-refractivity contribution in [3.8, 4) is 11.3 Å².